The number of hydrogen-bond acceptors (Lipinski definition) is 4. The number of nitrogens with zero attached hydrogens (tertiary/aromatic N) is 4. The SMILES string of the molecule is C[C@H]1CN(c2ncnc3ccc(F)cc23)Cc2cc(C(F)(F)F)cnc21. The Kier molecular flexibility index (Phi) is 3.78. The molecule has 4 nitrogen and oxygen atoms in total. The van der Waals surface area contributed by atoms with E-state index in [-0.39, 0.29) is 12.5 Å². The van der Waals surface area contributed by atoms with Crippen molar-refractivity contribution in [3.05, 3.63) is 59.4 Å². The molecule has 0 bridgehead atoms. The molecular formula is C18H14F4N4. The molecule has 1 atom stereocenters. The molecule has 26 heavy (non-hydrogen) atoms. The van der Waals surface area contributed by atoms with Crippen LogP contribution in [0.3, 0.4) is 0 Å². The van der Waals surface area contributed by atoms with Gasteiger partial charge in [-0.25, -0.2) is 14.4 Å². The van der Waals surface area contributed by atoms with Gasteiger partial charge in [0.2, 0.25) is 0 Å². The van der Waals surface area contributed by atoms with Crippen LogP contribution in [0.25, 0.3) is 10.9 Å². The molecule has 3 heterocycles. The first-order valence-electron chi connectivity index (χ1n) is 8.04. The third kappa shape index (κ3) is 2.85. The largest absolute Gasteiger partial charge is 0.417 e. The van der Waals surface area contributed by atoms with E-state index in [2.05, 4.69) is 15.0 Å². The van der Waals surface area contributed by atoms with E-state index in [1.54, 1.807) is 6.07 Å². The molecule has 2 aromatic heterocycles. The van der Waals surface area contributed by atoms with Crippen molar-refractivity contribution in [1.29, 1.82) is 0 Å². The van der Waals surface area contributed by atoms with Gasteiger partial charge >= 0.3 is 6.18 Å². The van der Waals surface area contributed by atoms with Crippen LogP contribution in [0.2, 0.25) is 0 Å². The van der Waals surface area contributed by atoms with Crippen molar-refractivity contribution < 1.29 is 17.6 Å². The Hall–Kier alpha value is -2.77. The Morgan fingerprint density at radius 1 is 1.12 bits per heavy atom. The van der Waals surface area contributed by atoms with Crippen LogP contribution >= 0.6 is 0 Å². The highest BCUT2D eigenvalue weighted by Crippen LogP contribution is 2.35. The fourth-order valence-electron chi connectivity index (χ4n) is 3.36. The molecule has 1 aliphatic rings. The smallest absolute Gasteiger partial charge is 0.351 e. The van der Waals surface area contributed by atoms with Gasteiger partial charge in [-0.15, -0.1) is 0 Å². The summed E-state index contributed by atoms with van der Waals surface area (Å²) < 4.78 is 52.7. The maximum absolute atomic E-state index is 13.7. The number of anilines is 1. The summed E-state index contributed by atoms with van der Waals surface area (Å²) in [6.07, 6.45) is -2.20. The predicted octanol–water partition coefficient (Wildman–Crippen LogP) is 4.31. The number of alkyl halides is 3. The minimum atomic E-state index is -4.45. The fourth-order valence-corrected chi connectivity index (χ4v) is 3.36. The molecule has 0 fully saturated rings. The second-order valence-electron chi connectivity index (χ2n) is 6.41. The lowest BCUT2D eigenvalue weighted by molar-refractivity contribution is -0.137. The molecule has 0 amide bonds. The number of hydrogen-bond donors (Lipinski definition) is 0. The average Bonchev–Trinajstić information content (AvgIpc) is 2.60. The fraction of sp³-hybridized carbons (Fsp3) is 0.278. The van der Waals surface area contributed by atoms with Crippen molar-refractivity contribution in [2.75, 3.05) is 11.4 Å². The number of fused-ring (bicyclic) bond motifs is 2. The van der Waals surface area contributed by atoms with Gasteiger partial charge in [-0.2, -0.15) is 13.2 Å². The van der Waals surface area contributed by atoms with Crippen molar-refractivity contribution in [1.82, 2.24) is 15.0 Å². The Morgan fingerprint density at radius 3 is 2.69 bits per heavy atom. The summed E-state index contributed by atoms with van der Waals surface area (Å²) in [6, 6.07) is 5.34. The summed E-state index contributed by atoms with van der Waals surface area (Å²) in [5, 5.41) is 0.531. The molecular weight excluding hydrogens is 348 g/mol. The zero-order valence-electron chi connectivity index (χ0n) is 13.8. The van der Waals surface area contributed by atoms with Gasteiger partial charge in [0, 0.05) is 36.3 Å². The second-order valence-corrected chi connectivity index (χ2v) is 6.41. The highest BCUT2D eigenvalue weighted by Gasteiger charge is 2.34. The van der Waals surface area contributed by atoms with Crippen molar-refractivity contribution >= 4 is 16.7 Å². The van der Waals surface area contributed by atoms with Crippen molar-refractivity contribution in [2.24, 2.45) is 0 Å². The number of benzene rings is 1. The van der Waals surface area contributed by atoms with Crippen LogP contribution < -0.4 is 4.90 Å². The van der Waals surface area contributed by atoms with Crippen LogP contribution in [0.15, 0.2) is 36.8 Å². The van der Waals surface area contributed by atoms with E-state index < -0.39 is 17.6 Å². The highest BCUT2D eigenvalue weighted by molar-refractivity contribution is 5.89. The molecule has 0 radical (unpaired) electrons. The van der Waals surface area contributed by atoms with Crippen LogP contribution in [-0.2, 0) is 12.7 Å². The molecule has 0 spiro atoms. The topological polar surface area (TPSA) is 41.9 Å². The van der Waals surface area contributed by atoms with Gasteiger partial charge in [-0.05, 0) is 29.8 Å². The van der Waals surface area contributed by atoms with Gasteiger partial charge in [0.15, 0.2) is 0 Å². The summed E-state index contributed by atoms with van der Waals surface area (Å²) >= 11 is 0. The first kappa shape index (κ1) is 16.7. The zero-order valence-corrected chi connectivity index (χ0v) is 13.8. The summed E-state index contributed by atoms with van der Waals surface area (Å²) in [5.41, 5.74) is 0.960. The molecule has 4 rings (SSSR count). The first-order valence-corrected chi connectivity index (χ1v) is 8.04. The van der Waals surface area contributed by atoms with Gasteiger partial charge in [-0.1, -0.05) is 6.92 Å². The van der Waals surface area contributed by atoms with Gasteiger partial charge in [0.1, 0.15) is 18.0 Å². The van der Waals surface area contributed by atoms with Crippen molar-refractivity contribution in [3.8, 4) is 0 Å². The second kappa shape index (κ2) is 5.89. The Balaban J connectivity index is 1.79. The lowest BCUT2D eigenvalue weighted by Crippen LogP contribution is -2.34. The number of rotatable bonds is 1. The Labute approximate surface area is 146 Å². The monoisotopic (exact) mass is 362 g/mol. The molecule has 134 valence electrons. The normalized spacial score (nSPS) is 17.4. The van der Waals surface area contributed by atoms with Crippen LogP contribution in [0.1, 0.15) is 29.7 Å². The van der Waals surface area contributed by atoms with E-state index in [1.807, 2.05) is 11.8 Å². The van der Waals surface area contributed by atoms with Gasteiger partial charge < -0.3 is 4.90 Å². The molecule has 0 saturated heterocycles. The summed E-state index contributed by atoms with van der Waals surface area (Å²) in [6.45, 7) is 2.64. The molecule has 0 saturated carbocycles. The van der Waals surface area contributed by atoms with Crippen LogP contribution in [0.5, 0.6) is 0 Å². The van der Waals surface area contributed by atoms with E-state index >= 15 is 0 Å². The van der Waals surface area contributed by atoms with Gasteiger partial charge in [-0.3, -0.25) is 4.98 Å². The quantitative estimate of drug-likeness (QED) is 0.605. The van der Waals surface area contributed by atoms with Gasteiger partial charge in [0.05, 0.1) is 11.1 Å². The molecule has 0 N–H and O–H groups in total. The van der Waals surface area contributed by atoms with E-state index in [0.717, 1.165) is 12.3 Å². The van der Waals surface area contributed by atoms with E-state index in [9.17, 15) is 17.6 Å². The Bertz CT molecular complexity index is 987. The van der Waals surface area contributed by atoms with Crippen molar-refractivity contribution in [2.45, 2.75) is 25.6 Å². The number of halogens is 4. The van der Waals surface area contributed by atoms with Crippen LogP contribution in [-0.4, -0.2) is 21.5 Å². The lowest BCUT2D eigenvalue weighted by atomic mass is 9.95. The van der Waals surface area contributed by atoms with Gasteiger partial charge in [0.25, 0.3) is 0 Å². The molecule has 1 aliphatic heterocycles. The molecule has 0 aliphatic carbocycles. The number of aromatic nitrogens is 3. The highest BCUT2D eigenvalue weighted by atomic mass is 19.4. The zero-order chi connectivity index (χ0) is 18.5. The molecule has 1 aromatic carbocycles. The third-order valence-electron chi connectivity index (χ3n) is 4.53. The summed E-state index contributed by atoms with van der Waals surface area (Å²) in [5.74, 6) is 0.00375. The summed E-state index contributed by atoms with van der Waals surface area (Å²) in [4.78, 5) is 14.3. The lowest BCUT2D eigenvalue weighted by Gasteiger charge is -2.34. The number of pyridine rings is 1. The molecule has 3 aromatic rings. The third-order valence-corrected chi connectivity index (χ3v) is 4.53. The maximum Gasteiger partial charge on any atom is 0.417 e. The van der Waals surface area contributed by atoms with Crippen molar-refractivity contribution in [3.63, 3.8) is 0 Å². The minimum absolute atomic E-state index is 0.0837. The molecule has 8 heteroatoms. The Morgan fingerprint density at radius 2 is 1.92 bits per heavy atom. The predicted molar refractivity (Wildman–Crippen MR) is 88.2 cm³/mol. The maximum atomic E-state index is 13.7. The van der Waals surface area contributed by atoms with Crippen LogP contribution in [0.4, 0.5) is 23.4 Å². The first-order chi connectivity index (χ1) is 12.3. The standard InChI is InChI=1S/C18H14F4N4/c1-10-7-26(8-11-4-12(18(20,21)22)6-23-16(10)11)17-14-5-13(19)2-3-15(14)24-9-25-17/h2-6,9-10H,7-8H2,1H3/t10-/m0/s1. The average molecular weight is 362 g/mol. The summed E-state index contributed by atoms with van der Waals surface area (Å²) in [7, 11) is 0. The minimum Gasteiger partial charge on any atom is -0.351 e. The van der Waals surface area contributed by atoms with E-state index in [1.165, 1.54) is 18.5 Å². The van der Waals surface area contributed by atoms with E-state index in [0.29, 0.717) is 34.5 Å². The molecule has 0 unspecified atom stereocenters. The van der Waals surface area contributed by atoms with Crippen LogP contribution in [0, 0.1) is 5.82 Å². The van der Waals surface area contributed by atoms with E-state index in [4.69, 9.17) is 0 Å².